The van der Waals surface area contributed by atoms with Crippen LogP contribution in [0.25, 0.3) is 0 Å². The maximum atomic E-state index is 12.4. The van der Waals surface area contributed by atoms with Gasteiger partial charge in [0, 0.05) is 23.4 Å². The number of aromatic nitrogens is 1. The molecule has 1 unspecified atom stereocenters. The van der Waals surface area contributed by atoms with Crippen molar-refractivity contribution in [1.82, 2.24) is 4.98 Å². The Morgan fingerprint density at radius 3 is 2.63 bits per heavy atom. The number of carbonyl (C=O) groups is 1. The van der Waals surface area contributed by atoms with E-state index in [2.05, 4.69) is 4.98 Å². The van der Waals surface area contributed by atoms with Gasteiger partial charge in [-0.25, -0.2) is 0 Å². The molecule has 0 fully saturated rings. The van der Waals surface area contributed by atoms with E-state index < -0.39 is 23.1 Å². The van der Waals surface area contributed by atoms with Crippen molar-refractivity contribution in [2.45, 2.75) is 23.0 Å². The molecule has 1 atom stereocenters. The van der Waals surface area contributed by atoms with Crippen molar-refractivity contribution in [3.63, 3.8) is 0 Å². The first kappa shape index (κ1) is 21.4. The summed E-state index contributed by atoms with van der Waals surface area (Å²) in [6, 6.07) is 12.2. The lowest BCUT2D eigenvalue weighted by Crippen LogP contribution is -2.14. The molecule has 156 valence electrons. The van der Waals surface area contributed by atoms with Gasteiger partial charge in [-0.1, -0.05) is 6.07 Å². The van der Waals surface area contributed by atoms with Crippen molar-refractivity contribution in [2.75, 3.05) is 14.2 Å². The Hall–Kier alpha value is -3.26. The fraction of sp³-hybridized carbons (Fsp3) is 0.227. The Bertz CT molecular complexity index is 1050. The second-order valence-corrected chi connectivity index (χ2v) is 7.42. The zero-order valence-electron chi connectivity index (χ0n) is 16.5. The van der Waals surface area contributed by atoms with Crippen LogP contribution in [0.4, 0.5) is 0 Å². The molecule has 0 aliphatic rings. The van der Waals surface area contributed by atoms with Crippen molar-refractivity contribution < 1.29 is 23.8 Å². The van der Waals surface area contributed by atoms with E-state index in [4.69, 9.17) is 13.9 Å². The van der Waals surface area contributed by atoms with Crippen LogP contribution in [-0.2, 0) is 15.3 Å². The summed E-state index contributed by atoms with van der Waals surface area (Å²) in [6.07, 6.45) is 3.05. The molecule has 8 heteroatoms. The third-order valence-corrected chi connectivity index (χ3v) is 5.48. The van der Waals surface area contributed by atoms with Gasteiger partial charge in [0.25, 0.3) is 0 Å². The van der Waals surface area contributed by atoms with Gasteiger partial charge < -0.3 is 19.0 Å². The summed E-state index contributed by atoms with van der Waals surface area (Å²) in [6.45, 7) is 0. The number of rotatable bonds is 8. The zero-order chi connectivity index (χ0) is 21.5. The minimum Gasteiger partial charge on any atom is -0.502 e. The first-order chi connectivity index (χ1) is 14.5. The smallest absolute Gasteiger partial charge is 0.306 e. The van der Waals surface area contributed by atoms with E-state index in [-0.39, 0.29) is 12.2 Å². The van der Waals surface area contributed by atoms with Crippen molar-refractivity contribution in [3.8, 4) is 11.5 Å². The Labute approximate surface area is 177 Å². The zero-order valence-corrected chi connectivity index (χ0v) is 17.3. The molecule has 30 heavy (non-hydrogen) atoms. The van der Waals surface area contributed by atoms with E-state index in [0.29, 0.717) is 17.1 Å². The number of hydrogen-bond donors (Lipinski definition) is 1. The van der Waals surface area contributed by atoms with Crippen LogP contribution in [0.1, 0.15) is 29.4 Å². The first-order valence-corrected chi connectivity index (χ1v) is 10.1. The molecule has 3 aromatic rings. The predicted molar refractivity (Wildman–Crippen MR) is 112 cm³/mol. The summed E-state index contributed by atoms with van der Waals surface area (Å²) in [4.78, 5) is 29.4. The molecule has 0 bridgehead atoms. The standard InChI is InChI=1S/C22H21NO6S/c1-27-15-5-7-17(8-6-15)30-13-16-10-19(24)21(26)22(29-16)18(11-20(25)28-2)14-4-3-9-23-12-14/h3-10,12,18,26H,11,13H2,1-2H3. The van der Waals surface area contributed by atoms with Crippen LogP contribution >= 0.6 is 11.8 Å². The van der Waals surface area contributed by atoms with Gasteiger partial charge in [-0.2, -0.15) is 0 Å². The van der Waals surface area contributed by atoms with Gasteiger partial charge in [-0.05, 0) is 35.9 Å². The summed E-state index contributed by atoms with van der Waals surface area (Å²) in [5, 5.41) is 10.4. The minimum absolute atomic E-state index is 0.0197. The molecule has 0 saturated heterocycles. The first-order valence-electron chi connectivity index (χ1n) is 9.11. The highest BCUT2D eigenvalue weighted by molar-refractivity contribution is 7.98. The van der Waals surface area contributed by atoms with Crippen LogP contribution in [0.2, 0.25) is 0 Å². The van der Waals surface area contributed by atoms with Gasteiger partial charge in [0.2, 0.25) is 11.2 Å². The molecule has 0 radical (unpaired) electrons. The predicted octanol–water partition coefficient (Wildman–Crippen LogP) is 3.74. The SMILES string of the molecule is COC(=O)CC(c1cccnc1)c1oc(CSc2ccc(OC)cc2)cc(=O)c1O. The monoisotopic (exact) mass is 427 g/mol. The lowest BCUT2D eigenvalue weighted by Gasteiger charge is -2.17. The number of carbonyl (C=O) groups excluding carboxylic acids is 1. The highest BCUT2D eigenvalue weighted by Gasteiger charge is 2.26. The number of ether oxygens (including phenoxy) is 2. The molecule has 0 saturated carbocycles. The van der Waals surface area contributed by atoms with Crippen molar-refractivity contribution >= 4 is 17.7 Å². The van der Waals surface area contributed by atoms with Crippen molar-refractivity contribution in [2.24, 2.45) is 0 Å². The second-order valence-electron chi connectivity index (χ2n) is 6.37. The molecule has 0 aliphatic carbocycles. The average molecular weight is 427 g/mol. The average Bonchev–Trinajstić information content (AvgIpc) is 2.79. The summed E-state index contributed by atoms with van der Waals surface area (Å²) in [5.74, 6) is -0.203. The van der Waals surface area contributed by atoms with Crippen LogP contribution in [0.3, 0.4) is 0 Å². The highest BCUT2D eigenvalue weighted by Crippen LogP contribution is 2.34. The van der Waals surface area contributed by atoms with Gasteiger partial charge >= 0.3 is 5.97 Å². The third kappa shape index (κ3) is 5.21. The van der Waals surface area contributed by atoms with E-state index in [1.54, 1.807) is 31.6 Å². The van der Waals surface area contributed by atoms with Crippen LogP contribution in [0.5, 0.6) is 11.5 Å². The van der Waals surface area contributed by atoms with E-state index in [9.17, 15) is 14.7 Å². The summed E-state index contributed by atoms with van der Waals surface area (Å²) in [7, 11) is 2.88. The number of aromatic hydroxyl groups is 1. The number of benzene rings is 1. The van der Waals surface area contributed by atoms with Gasteiger partial charge in [-0.15, -0.1) is 11.8 Å². The lowest BCUT2D eigenvalue weighted by molar-refractivity contribution is -0.140. The van der Waals surface area contributed by atoms with Gasteiger partial charge in [0.05, 0.1) is 32.3 Å². The fourth-order valence-electron chi connectivity index (χ4n) is 2.88. The largest absolute Gasteiger partial charge is 0.502 e. The number of hydrogen-bond acceptors (Lipinski definition) is 8. The third-order valence-electron chi connectivity index (χ3n) is 4.44. The molecule has 7 nitrogen and oxygen atoms in total. The Kier molecular flexibility index (Phi) is 7.13. The number of thioether (sulfide) groups is 1. The molecule has 2 aromatic heterocycles. The maximum Gasteiger partial charge on any atom is 0.306 e. The number of methoxy groups -OCH3 is 2. The molecular formula is C22H21NO6S. The Morgan fingerprint density at radius 1 is 1.23 bits per heavy atom. The van der Waals surface area contributed by atoms with Gasteiger partial charge in [-0.3, -0.25) is 14.6 Å². The molecule has 3 rings (SSSR count). The molecule has 2 heterocycles. The minimum atomic E-state index is -0.704. The van der Waals surface area contributed by atoms with E-state index in [0.717, 1.165) is 10.6 Å². The topological polar surface area (TPSA) is 98.9 Å². The van der Waals surface area contributed by atoms with Gasteiger partial charge in [0.15, 0.2) is 5.76 Å². The van der Waals surface area contributed by atoms with Crippen LogP contribution < -0.4 is 10.2 Å². The quantitative estimate of drug-likeness (QED) is 0.429. The van der Waals surface area contributed by atoms with E-state index in [1.165, 1.54) is 24.9 Å². The van der Waals surface area contributed by atoms with Crippen molar-refractivity contribution in [1.29, 1.82) is 0 Å². The summed E-state index contributed by atoms with van der Waals surface area (Å²) >= 11 is 1.47. The number of nitrogens with zero attached hydrogens (tertiary/aromatic N) is 1. The maximum absolute atomic E-state index is 12.4. The normalized spacial score (nSPS) is 11.7. The molecule has 0 aliphatic heterocycles. The van der Waals surface area contributed by atoms with Crippen LogP contribution in [0, 0.1) is 0 Å². The fourth-order valence-corrected chi connectivity index (χ4v) is 3.66. The molecule has 1 aromatic carbocycles. The Balaban J connectivity index is 1.91. The second kappa shape index (κ2) is 9.98. The molecule has 1 N–H and O–H groups in total. The van der Waals surface area contributed by atoms with E-state index in [1.807, 2.05) is 24.3 Å². The lowest BCUT2D eigenvalue weighted by atomic mass is 9.93. The number of pyridine rings is 1. The molecule has 0 spiro atoms. The molecule has 0 amide bonds. The highest BCUT2D eigenvalue weighted by atomic mass is 32.2. The Morgan fingerprint density at radius 2 is 2.00 bits per heavy atom. The van der Waals surface area contributed by atoms with Crippen LogP contribution in [0.15, 0.2) is 69.0 Å². The molecular weight excluding hydrogens is 406 g/mol. The van der Waals surface area contributed by atoms with Crippen molar-refractivity contribution in [3.05, 3.63) is 82.2 Å². The van der Waals surface area contributed by atoms with E-state index >= 15 is 0 Å². The summed E-state index contributed by atoms with van der Waals surface area (Å²) < 4.78 is 15.8. The number of esters is 1. The van der Waals surface area contributed by atoms with Crippen LogP contribution in [-0.4, -0.2) is 30.3 Å². The van der Waals surface area contributed by atoms with Gasteiger partial charge in [0.1, 0.15) is 11.5 Å². The summed E-state index contributed by atoms with van der Waals surface area (Å²) in [5.41, 5.74) is 0.0571.